The van der Waals surface area contributed by atoms with Crippen molar-refractivity contribution in [1.82, 2.24) is 0 Å². The fourth-order valence-electron chi connectivity index (χ4n) is 3.08. The molecule has 0 spiro atoms. The Labute approximate surface area is 192 Å². The smallest absolute Gasteiger partial charge is 0.266 e. The summed E-state index contributed by atoms with van der Waals surface area (Å²) in [4.78, 5) is 14.9. The molecular weight excluding hydrogens is 458 g/mol. The Morgan fingerprint density at radius 2 is 1.74 bits per heavy atom. The summed E-state index contributed by atoms with van der Waals surface area (Å²) in [6.07, 6.45) is 1.53. The number of carbonyl (C=O) groups is 1. The minimum Gasteiger partial charge on any atom is -0.490 e. The molecule has 0 fully saturated rings. The molecule has 1 N–H and O–H groups in total. The van der Waals surface area contributed by atoms with E-state index in [0.717, 1.165) is 18.8 Å². The van der Waals surface area contributed by atoms with Crippen LogP contribution < -0.4 is 19.7 Å². The number of ether oxygens (including phenoxy) is 2. The van der Waals surface area contributed by atoms with Gasteiger partial charge < -0.3 is 19.7 Å². The van der Waals surface area contributed by atoms with Gasteiger partial charge in [0.2, 0.25) is 0 Å². The van der Waals surface area contributed by atoms with Gasteiger partial charge in [-0.05, 0) is 91.7 Å². The molecule has 0 aliphatic heterocycles. The van der Waals surface area contributed by atoms with Crippen LogP contribution >= 0.6 is 15.9 Å². The van der Waals surface area contributed by atoms with Crippen LogP contribution in [-0.4, -0.2) is 32.2 Å². The lowest BCUT2D eigenvalue weighted by Gasteiger charge is -2.21. The molecule has 6 nitrogen and oxygen atoms in total. The third kappa shape index (κ3) is 6.50. The quantitative estimate of drug-likeness (QED) is 0.348. The summed E-state index contributed by atoms with van der Waals surface area (Å²) in [6, 6.07) is 13.1. The van der Waals surface area contributed by atoms with Crippen LogP contribution in [0.15, 0.2) is 46.4 Å². The topological polar surface area (TPSA) is 74.6 Å². The number of nitrogens with one attached hydrogen (secondary N) is 1. The second kappa shape index (κ2) is 12.0. The number of amides is 1. The SMILES string of the molecule is CCOc1cc(/C=C(/C#N)C(=O)Nc2ccc(N(CC)CC)cc2)cc(Br)c1OCC. The van der Waals surface area contributed by atoms with Crippen LogP contribution in [0.3, 0.4) is 0 Å². The summed E-state index contributed by atoms with van der Waals surface area (Å²) in [5, 5.41) is 12.3. The van der Waals surface area contributed by atoms with E-state index in [1.807, 2.05) is 44.2 Å². The zero-order chi connectivity index (χ0) is 22.8. The predicted octanol–water partition coefficient (Wildman–Crippen LogP) is 5.64. The standard InChI is InChI=1S/C24H28BrN3O3/c1-5-28(6-2)20-11-9-19(10-12-20)27-24(29)18(16-26)13-17-14-21(25)23(31-8-4)22(15-17)30-7-3/h9-15H,5-8H2,1-4H3,(H,27,29)/b18-13-. The Bertz CT molecular complexity index is 961. The van der Waals surface area contributed by atoms with Gasteiger partial charge in [-0.1, -0.05) is 0 Å². The van der Waals surface area contributed by atoms with Gasteiger partial charge in [0.25, 0.3) is 5.91 Å². The highest BCUT2D eigenvalue weighted by molar-refractivity contribution is 9.10. The molecule has 0 saturated carbocycles. The Morgan fingerprint density at radius 3 is 2.29 bits per heavy atom. The van der Waals surface area contributed by atoms with E-state index in [2.05, 4.69) is 40.0 Å². The van der Waals surface area contributed by atoms with Crippen molar-refractivity contribution < 1.29 is 14.3 Å². The first-order valence-corrected chi connectivity index (χ1v) is 11.1. The van der Waals surface area contributed by atoms with Crippen molar-refractivity contribution in [3.05, 3.63) is 52.0 Å². The summed E-state index contributed by atoms with van der Waals surface area (Å²) in [5.74, 6) is 0.675. The van der Waals surface area contributed by atoms with Crippen LogP contribution in [0.4, 0.5) is 11.4 Å². The molecule has 0 unspecified atom stereocenters. The lowest BCUT2D eigenvalue weighted by molar-refractivity contribution is -0.112. The van der Waals surface area contributed by atoms with E-state index in [4.69, 9.17) is 9.47 Å². The molecule has 7 heteroatoms. The lowest BCUT2D eigenvalue weighted by Crippen LogP contribution is -2.21. The van der Waals surface area contributed by atoms with E-state index >= 15 is 0 Å². The monoisotopic (exact) mass is 485 g/mol. The van der Waals surface area contributed by atoms with Gasteiger partial charge in [-0.25, -0.2) is 0 Å². The largest absolute Gasteiger partial charge is 0.490 e. The molecule has 0 aliphatic carbocycles. The number of nitrogens with zero attached hydrogens (tertiary/aromatic N) is 2. The summed E-state index contributed by atoms with van der Waals surface area (Å²) in [6.45, 7) is 10.7. The fraction of sp³-hybridized carbons (Fsp3) is 0.333. The van der Waals surface area contributed by atoms with E-state index < -0.39 is 5.91 Å². The van der Waals surface area contributed by atoms with Gasteiger partial charge in [0, 0.05) is 24.5 Å². The second-order valence-electron chi connectivity index (χ2n) is 6.54. The van der Waals surface area contributed by atoms with E-state index in [-0.39, 0.29) is 5.57 Å². The van der Waals surface area contributed by atoms with E-state index in [1.54, 1.807) is 12.1 Å². The molecule has 2 aromatic rings. The molecule has 0 aliphatic rings. The highest BCUT2D eigenvalue weighted by Gasteiger charge is 2.14. The molecule has 0 aromatic heterocycles. The average Bonchev–Trinajstić information content (AvgIpc) is 2.76. The average molecular weight is 486 g/mol. The number of carbonyl (C=O) groups excluding carboxylic acids is 1. The third-order valence-corrected chi connectivity index (χ3v) is 5.14. The van der Waals surface area contributed by atoms with Gasteiger partial charge in [-0.15, -0.1) is 0 Å². The molecule has 2 aromatic carbocycles. The maximum Gasteiger partial charge on any atom is 0.266 e. The van der Waals surface area contributed by atoms with Crippen molar-refractivity contribution in [1.29, 1.82) is 5.26 Å². The molecule has 0 radical (unpaired) electrons. The molecule has 0 atom stereocenters. The van der Waals surface area contributed by atoms with Gasteiger partial charge in [0.05, 0.1) is 17.7 Å². The summed E-state index contributed by atoms with van der Waals surface area (Å²) < 4.78 is 12.0. The lowest BCUT2D eigenvalue weighted by atomic mass is 10.1. The molecule has 0 bridgehead atoms. The predicted molar refractivity (Wildman–Crippen MR) is 129 cm³/mol. The highest BCUT2D eigenvalue weighted by Crippen LogP contribution is 2.37. The number of rotatable bonds is 10. The van der Waals surface area contributed by atoms with Gasteiger partial charge in [0.1, 0.15) is 11.6 Å². The van der Waals surface area contributed by atoms with Crippen LogP contribution in [0.25, 0.3) is 6.08 Å². The summed E-state index contributed by atoms with van der Waals surface area (Å²) in [5.41, 5.74) is 2.36. The van der Waals surface area contributed by atoms with Gasteiger partial charge >= 0.3 is 0 Å². The minimum atomic E-state index is -0.471. The van der Waals surface area contributed by atoms with Gasteiger partial charge in [-0.3, -0.25) is 4.79 Å². The molecule has 164 valence electrons. The molecule has 0 heterocycles. The molecule has 31 heavy (non-hydrogen) atoms. The maximum atomic E-state index is 12.7. The van der Waals surface area contributed by atoms with Crippen LogP contribution in [-0.2, 0) is 4.79 Å². The van der Waals surface area contributed by atoms with Gasteiger partial charge in [-0.2, -0.15) is 5.26 Å². The minimum absolute atomic E-state index is 0.00803. The number of hydrogen-bond donors (Lipinski definition) is 1. The van der Waals surface area contributed by atoms with Crippen molar-refractivity contribution >= 4 is 39.3 Å². The normalized spacial score (nSPS) is 10.9. The van der Waals surface area contributed by atoms with Gasteiger partial charge in [0.15, 0.2) is 11.5 Å². The fourth-order valence-corrected chi connectivity index (χ4v) is 3.65. The van der Waals surface area contributed by atoms with Crippen molar-refractivity contribution in [2.75, 3.05) is 36.5 Å². The summed E-state index contributed by atoms with van der Waals surface area (Å²) in [7, 11) is 0. The van der Waals surface area contributed by atoms with E-state index in [1.165, 1.54) is 6.08 Å². The Kier molecular flexibility index (Phi) is 9.41. The highest BCUT2D eigenvalue weighted by atomic mass is 79.9. The van der Waals surface area contributed by atoms with Crippen LogP contribution in [0, 0.1) is 11.3 Å². The number of halogens is 1. The zero-order valence-corrected chi connectivity index (χ0v) is 20.0. The van der Waals surface area contributed by atoms with Crippen LogP contribution in [0.2, 0.25) is 0 Å². The van der Waals surface area contributed by atoms with Crippen molar-refractivity contribution in [2.24, 2.45) is 0 Å². The molecule has 1 amide bonds. The number of hydrogen-bond acceptors (Lipinski definition) is 5. The van der Waals surface area contributed by atoms with Crippen LogP contribution in [0.1, 0.15) is 33.3 Å². The van der Waals surface area contributed by atoms with E-state index in [0.29, 0.717) is 40.4 Å². The van der Waals surface area contributed by atoms with Crippen LogP contribution in [0.5, 0.6) is 11.5 Å². The first-order valence-electron chi connectivity index (χ1n) is 10.3. The van der Waals surface area contributed by atoms with Crippen molar-refractivity contribution in [3.8, 4) is 17.6 Å². The van der Waals surface area contributed by atoms with Crippen molar-refractivity contribution in [3.63, 3.8) is 0 Å². The first kappa shape index (κ1) is 24.3. The summed E-state index contributed by atoms with van der Waals surface area (Å²) >= 11 is 3.48. The number of anilines is 2. The Morgan fingerprint density at radius 1 is 1.10 bits per heavy atom. The van der Waals surface area contributed by atoms with E-state index in [9.17, 15) is 10.1 Å². The third-order valence-electron chi connectivity index (χ3n) is 4.55. The van der Waals surface area contributed by atoms with Crippen molar-refractivity contribution in [2.45, 2.75) is 27.7 Å². The number of nitriles is 1. The number of benzene rings is 2. The Balaban J connectivity index is 2.25. The molecule has 2 rings (SSSR count). The first-order chi connectivity index (χ1) is 15.0. The maximum absolute atomic E-state index is 12.7. The molecule has 0 saturated heterocycles. The second-order valence-corrected chi connectivity index (χ2v) is 7.39. The molecular formula is C24H28BrN3O3. The Hall–Kier alpha value is -2.98. The zero-order valence-electron chi connectivity index (χ0n) is 18.4.